The summed E-state index contributed by atoms with van der Waals surface area (Å²) < 4.78 is 10.9. The van der Waals surface area contributed by atoms with Crippen LogP contribution in [0.15, 0.2) is 65.3 Å². The number of hydrogen-bond donors (Lipinski definition) is 1. The maximum absolute atomic E-state index is 12.7. The van der Waals surface area contributed by atoms with Crippen molar-refractivity contribution in [3.8, 4) is 5.75 Å². The number of carbonyl (C=O) groups is 2. The molecule has 1 heterocycles. The number of amides is 2. The molecule has 0 spiro atoms. The first-order chi connectivity index (χ1) is 13.9. The van der Waals surface area contributed by atoms with Crippen molar-refractivity contribution in [2.75, 3.05) is 25.5 Å². The largest absolute Gasteiger partial charge is 0.492 e. The van der Waals surface area contributed by atoms with Crippen molar-refractivity contribution in [2.45, 2.75) is 13.8 Å². The molecule has 150 valence electrons. The molecule has 0 saturated carbocycles. The fourth-order valence-corrected chi connectivity index (χ4v) is 2.97. The van der Waals surface area contributed by atoms with E-state index in [0.717, 1.165) is 16.9 Å². The van der Waals surface area contributed by atoms with Crippen LogP contribution in [-0.2, 0) is 0 Å². The minimum atomic E-state index is -0.366. The van der Waals surface area contributed by atoms with Gasteiger partial charge in [0.05, 0.1) is 12.8 Å². The summed E-state index contributed by atoms with van der Waals surface area (Å²) in [4.78, 5) is 26.4. The first-order valence-corrected chi connectivity index (χ1v) is 9.34. The molecular formula is C23H24N2O4. The van der Waals surface area contributed by atoms with Crippen molar-refractivity contribution >= 4 is 17.5 Å². The van der Waals surface area contributed by atoms with Crippen molar-refractivity contribution in [2.24, 2.45) is 0 Å². The smallest absolute Gasteiger partial charge is 0.291 e. The van der Waals surface area contributed by atoms with E-state index in [1.807, 2.05) is 26.0 Å². The Kier molecular flexibility index (Phi) is 6.34. The van der Waals surface area contributed by atoms with E-state index in [4.69, 9.17) is 9.15 Å². The van der Waals surface area contributed by atoms with Crippen LogP contribution < -0.4 is 10.1 Å². The predicted molar refractivity (Wildman–Crippen MR) is 111 cm³/mol. The molecule has 0 aliphatic rings. The van der Waals surface area contributed by atoms with Gasteiger partial charge < -0.3 is 19.4 Å². The van der Waals surface area contributed by atoms with E-state index in [2.05, 4.69) is 11.4 Å². The molecule has 1 aromatic heterocycles. The fourth-order valence-electron chi connectivity index (χ4n) is 2.97. The summed E-state index contributed by atoms with van der Waals surface area (Å²) in [5.74, 6) is 0.492. The third-order valence-electron chi connectivity index (χ3n) is 4.35. The van der Waals surface area contributed by atoms with Crippen molar-refractivity contribution < 1.29 is 18.7 Å². The maximum Gasteiger partial charge on any atom is 0.291 e. The normalized spacial score (nSPS) is 10.4. The average molecular weight is 392 g/mol. The standard InChI is InChI=1S/C23H24N2O4/c1-16-12-17(2)14-20(13-16)28-11-9-25(3)23(27)18-6-4-7-19(15-18)24-22(26)21-8-5-10-29-21/h4-8,10,12-15H,9,11H2,1-3H3,(H,24,26). The molecule has 0 aliphatic heterocycles. The summed E-state index contributed by atoms with van der Waals surface area (Å²) in [6, 6.07) is 16.1. The van der Waals surface area contributed by atoms with Crippen LogP contribution in [0.5, 0.6) is 5.75 Å². The Balaban J connectivity index is 1.57. The molecule has 29 heavy (non-hydrogen) atoms. The third-order valence-corrected chi connectivity index (χ3v) is 4.35. The summed E-state index contributed by atoms with van der Waals surface area (Å²) >= 11 is 0. The number of nitrogens with one attached hydrogen (secondary N) is 1. The topological polar surface area (TPSA) is 71.8 Å². The second kappa shape index (κ2) is 9.10. The first-order valence-electron chi connectivity index (χ1n) is 9.34. The van der Waals surface area contributed by atoms with Gasteiger partial charge in [-0.3, -0.25) is 9.59 Å². The number of hydrogen-bond acceptors (Lipinski definition) is 4. The van der Waals surface area contributed by atoms with Crippen LogP contribution in [0.25, 0.3) is 0 Å². The van der Waals surface area contributed by atoms with E-state index in [0.29, 0.717) is 24.4 Å². The Morgan fingerprint density at radius 1 is 1.03 bits per heavy atom. The number of nitrogens with zero attached hydrogens (tertiary/aromatic N) is 1. The summed E-state index contributed by atoms with van der Waals surface area (Å²) in [5, 5.41) is 2.73. The van der Waals surface area contributed by atoms with E-state index < -0.39 is 0 Å². The lowest BCUT2D eigenvalue weighted by Gasteiger charge is -2.18. The van der Waals surface area contributed by atoms with Gasteiger partial charge in [0.2, 0.25) is 0 Å². The highest BCUT2D eigenvalue weighted by Crippen LogP contribution is 2.17. The lowest BCUT2D eigenvalue weighted by Crippen LogP contribution is -2.31. The molecule has 6 heteroatoms. The van der Waals surface area contributed by atoms with Crippen molar-refractivity contribution in [1.29, 1.82) is 0 Å². The molecule has 0 bridgehead atoms. The fraction of sp³-hybridized carbons (Fsp3) is 0.217. The minimum absolute atomic E-state index is 0.150. The summed E-state index contributed by atoms with van der Waals surface area (Å²) in [7, 11) is 1.72. The molecule has 2 amide bonds. The van der Waals surface area contributed by atoms with E-state index in [1.54, 1.807) is 48.3 Å². The number of anilines is 1. The van der Waals surface area contributed by atoms with Crippen molar-refractivity contribution in [3.05, 3.63) is 83.3 Å². The van der Waals surface area contributed by atoms with Gasteiger partial charge in [-0.25, -0.2) is 0 Å². The van der Waals surface area contributed by atoms with E-state index in [-0.39, 0.29) is 17.6 Å². The lowest BCUT2D eigenvalue weighted by molar-refractivity contribution is 0.0773. The average Bonchev–Trinajstić information content (AvgIpc) is 3.22. The molecule has 6 nitrogen and oxygen atoms in total. The number of ether oxygens (including phenoxy) is 1. The molecule has 0 aliphatic carbocycles. The highest BCUT2D eigenvalue weighted by molar-refractivity contribution is 6.03. The number of carbonyl (C=O) groups excluding carboxylic acids is 2. The van der Waals surface area contributed by atoms with Gasteiger partial charge in [0.15, 0.2) is 5.76 Å². The highest BCUT2D eigenvalue weighted by Gasteiger charge is 2.14. The van der Waals surface area contributed by atoms with Crippen molar-refractivity contribution in [3.63, 3.8) is 0 Å². The molecule has 3 rings (SSSR count). The van der Waals surface area contributed by atoms with Crippen LogP contribution in [0.2, 0.25) is 0 Å². The molecule has 0 unspecified atom stereocenters. The Bertz CT molecular complexity index is 976. The highest BCUT2D eigenvalue weighted by atomic mass is 16.5. The quantitative estimate of drug-likeness (QED) is 0.651. The van der Waals surface area contributed by atoms with Gasteiger partial charge in [0, 0.05) is 18.3 Å². The number of aryl methyl sites for hydroxylation is 2. The van der Waals surface area contributed by atoms with Gasteiger partial charge in [0.1, 0.15) is 12.4 Å². The number of rotatable bonds is 7. The van der Waals surface area contributed by atoms with Crippen LogP contribution in [0, 0.1) is 13.8 Å². The molecular weight excluding hydrogens is 368 g/mol. The van der Waals surface area contributed by atoms with Gasteiger partial charge in [0.25, 0.3) is 11.8 Å². The zero-order chi connectivity index (χ0) is 20.8. The third kappa shape index (κ3) is 5.48. The predicted octanol–water partition coefficient (Wildman–Crippen LogP) is 4.30. The van der Waals surface area contributed by atoms with Crippen LogP contribution in [-0.4, -0.2) is 36.9 Å². The number of benzene rings is 2. The van der Waals surface area contributed by atoms with E-state index in [1.165, 1.54) is 6.26 Å². The molecule has 0 radical (unpaired) electrons. The van der Waals surface area contributed by atoms with Gasteiger partial charge in [-0.2, -0.15) is 0 Å². The van der Waals surface area contributed by atoms with E-state index in [9.17, 15) is 9.59 Å². The Hall–Kier alpha value is -3.54. The molecule has 1 N–H and O–H groups in total. The Morgan fingerprint density at radius 3 is 2.48 bits per heavy atom. The first kappa shape index (κ1) is 20.2. The Morgan fingerprint density at radius 2 is 1.79 bits per heavy atom. The summed E-state index contributed by atoms with van der Waals surface area (Å²) in [5.41, 5.74) is 3.28. The summed E-state index contributed by atoms with van der Waals surface area (Å²) in [6.07, 6.45) is 1.43. The number of furan rings is 1. The molecule has 0 atom stereocenters. The van der Waals surface area contributed by atoms with E-state index >= 15 is 0 Å². The summed E-state index contributed by atoms with van der Waals surface area (Å²) in [6.45, 7) is 4.87. The van der Waals surface area contributed by atoms with Gasteiger partial charge in [-0.05, 0) is 67.4 Å². The molecule has 2 aromatic carbocycles. The maximum atomic E-state index is 12.7. The second-order valence-corrected chi connectivity index (χ2v) is 6.91. The molecule has 0 saturated heterocycles. The Labute approximate surface area is 170 Å². The van der Waals surface area contributed by atoms with Crippen LogP contribution >= 0.6 is 0 Å². The van der Waals surface area contributed by atoms with Crippen LogP contribution in [0.3, 0.4) is 0 Å². The minimum Gasteiger partial charge on any atom is -0.492 e. The second-order valence-electron chi connectivity index (χ2n) is 6.91. The number of likely N-dealkylation sites (N-methyl/N-ethyl adjacent to an activating group) is 1. The van der Waals surface area contributed by atoms with Gasteiger partial charge in [-0.15, -0.1) is 0 Å². The van der Waals surface area contributed by atoms with Gasteiger partial charge in [-0.1, -0.05) is 12.1 Å². The van der Waals surface area contributed by atoms with Gasteiger partial charge >= 0.3 is 0 Å². The lowest BCUT2D eigenvalue weighted by atomic mass is 10.1. The SMILES string of the molecule is Cc1cc(C)cc(OCCN(C)C(=O)c2cccc(NC(=O)c3ccco3)c2)c1. The molecule has 0 fully saturated rings. The van der Waals surface area contributed by atoms with Crippen molar-refractivity contribution in [1.82, 2.24) is 4.90 Å². The monoisotopic (exact) mass is 392 g/mol. The van der Waals surface area contributed by atoms with Crippen LogP contribution in [0.1, 0.15) is 32.0 Å². The van der Waals surface area contributed by atoms with Crippen LogP contribution in [0.4, 0.5) is 5.69 Å². The molecule has 3 aromatic rings. The zero-order valence-corrected chi connectivity index (χ0v) is 16.8. The zero-order valence-electron chi connectivity index (χ0n) is 16.8.